The van der Waals surface area contributed by atoms with Gasteiger partial charge in [-0.25, -0.2) is 21.6 Å². The van der Waals surface area contributed by atoms with Crippen LogP contribution in [0.15, 0.2) is 17.0 Å². The van der Waals surface area contributed by atoms with E-state index >= 15 is 0 Å². The molecule has 0 aliphatic rings. The van der Waals surface area contributed by atoms with E-state index in [0.717, 1.165) is 4.31 Å². The number of aliphatic hydroxyl groups is 1. The Morgan fingerprint density at radius 3 is 2.00 bits per heavy atom. The van der Waals surface area contributed by atoms with Gasteiger partial charge in [0.05, 0.1) is 6.61 Å². The number of nitrogens with zero attached hydrogens (tertiary/aromatic N) is 1. The molecule has 8 heteroatoms. The summed E-state index contributed by atoms with van der Waals surface area (Å²) >= 11 is 0. The third-order valence-corrected chi connectivity index (χ3v) is 5.20. The molecule has 0 fully saturated rings. The van der Waals surface area contributed by atoms with E-state index < -0.39 is 45.0 Å². The average molecular weight is 325 g/mol. The lowest BCUT2D eigenvalue weighted by Crippen LogP contribution is -2.42. The van der Waals surface area contributed by atoms with Crippen LogP contribution in [0.1, 0.15) is 26.7 Å². The van der Waals surface area contributed by atoms with E-state index in [-0.39, 0.29) is 6.54 Å². The van der Waals surface area contributed by atoms with Gasteiger partial charge in [0.15, 0.2) is 4.90 Å². The summed E-state index contributed by atoms with van der Waals surface area (Å²) in [6.07, 6.45) is 0.834. The second-order valence-corrected chi connectivity index (χ2v) is 6.34. The molecule has 21 heavy (non-hydrogen) atoms. The van der Waals surface area contributed by atoms with E-state index in [9.17, 15) is 21.6 Å². The topological polar surface area (TPSA) is 57.6 Å². The van der Waals surface area contributed by atoms with E-state index in [1.165, 1.54) is 0 Å². The highest BCUT2D eigenvalue weighted by Crippen LogP contribution is 2.26. The number of aliphatic hydroxyl groups excluding tert-OH is 1. The lowest BCUT2D eigenvalue weighted by atomic mass is 10.2. The van der Waals surface area contributed by atoms with Crippen LogP contribution in [0.2, 0.25) is 0 Å². The maximum absolute atomic E-state index is 13.7. The first kappa shape index (κ1) is 17.9. The van der Waals surface area contributed by atoms with Crippen molar-refractivity contribution < 1.29 is 26.7 Å². The first-order valence-corrected chi connectivity index (χ1v) is 8.00. The van der Waals surface area contributed by atoms with E-state index in [1.54, 1.807) is 13.8 Å². The van der Waals surface area contributed by atoms with Crippen LogP contribution in [0.25, 0.3) is 0 Å². The fourth-order valence-electron chi connectivity index (χ4n) is 2.19. The van der Waals surface area contributed by atoms with Gasteiger partial charge in [-0.3, -0.25) is 0 Å². The fourth-order valence-corrected chi connectivity index (χ4v) is 4.04. The first-order valence-electron chi connectivity index (χ1n) is 6.56. The maximum atomic E-state index is 13.7. The second-order valence-electron chi connectivity index (χ2n) is 4.51. The van der Waals surface area contributed by atoms with Gasteiger partial charge >= 0.3 is 0 Å². The van der Waals surface area contributed by atoms with Crippen molar-refractivity contribution >= 4 is 10.0 Å². The van der Waals surface area contributed by atoms with E-state index in [1.807, 2.05) is 0 Å². The second kappa shape index (κ2) is 7.24. The van der Waals surface area contributed by atoms with Gasteiger partial charge in [0, 0.05) is 24.7 Å². The van der Waals surface area contributed by atoms with Gasteiger partial charge in [-0.05, 0) is 12.8 Å². The predicted octanol–water partition coefficient (Wildman–Crippen LogP) is 2.28. The Morgan fingerprint density at radius 2 is 1.62 bits per heavy atom. The molecule has 0 unspecified atom stereocenters. The highest BCUT2D eigenvalue weighted by molar-refractivity contribution is 7.89. The van der Waals surface area contributed by atoms with Crippen LogP contribution >= 0.6 is 0 Å². The number of hydrogen-bond acceptors (Lipinski definition) is 3. The van der Waals surface area contributed by atoms with Crippen molar-refractivity contribution in [3.05, 3.63) is 29.6 Å². The van der Waals surface area contributed by atoms with Crippen molar-refractivity contribution in [1.29, 1.82) is 0 Å². The van der Waals surface area contributed by atoms with Crippen molar-refractivity contribution in [3.8, 4) is 0 Å². The van der Waals surface area contributed by atoms with Crippen molar-refractivity contribution in [3.63, 3.8) is 0 Å². The summed E-state index contributed by atoms with van der Waals surface area (Å²) in [5, 5.41) is 9.02. The third-order valence-electron chi connectivity index (χ3n) is 3.20. The molecule has 1 aromatic rings. The molecule has 0 spiro atoms. The first-order chi connectivity index (χ1) is 9.79. The zero-order valence-corrected chi connectivity index (χ0v) is 12.6. The lowest BCUT2D eigenvalue weighted by Gasteiger charge is -2.29. The minimum Gasteiger partial charge on any atom is -0.395 e. The predicted molar refractivity (Wildman–Crippen MR) is 71.7 cm³/mol. The number of rotatable bonds is 7. The molecular formula is C13H18F3NO3S. The summed E-state index contributed by atoms with van der Waals surface area (Å²) in [5.41, 5.74) is 0. The molecule has 0 heterocycles. The fraction of sp³-hybridized carbons (Fsp3) is 0.538. The van der Waals surface area contributed by atoms with E-state index in [2.05, 4.69) is 0 Å². The Bertz CT molecular complexity index is 565. The number of benzene rings is 1. The van der Waals surface area contributed by atoms with Crippen LogP contribution in [-0.2, 0) is 10.0 Å². The van der Waals surface area contributed by atoms with Gasteiger partial charge in [-0.2, -0.15) is 4.31 Å². The zero-order valence-electron chi connectivity index (χ0n) is 11.8. The molecule has 0 aliphatic carbocycles. The summed E-state index contributed by atoms with van der Waals surface area (Å²) in [6, 6.07) is 0.131. The Kier molecular flexibility index (Phi) is 6.18. The van der Waals surface area contributed by atoms with Crippen molar-refractivity contribution in [1.82, 2.24) is 4.31 Å². The molecule has 1 rings (SSSR count). The molecule has 0 bridgehead atoms. The molecule has 4 nitrogen and oxygen atoms in total. The third kappa shape index (κ3) is 3.75. The summed E-state index contributed by atoms with van der Waals surface area (Å²) < 4.78 is 66.1. The van der Waals surface area contributed by atoms with Crippen LogP contribution in [0.5, 0.6) is 0 Å². The smallest absolute Gasteiger partial charge is 0.249 e. The number of hydrogen-bond donors (Lipinski definition) is 1. The Hall–Kier alpha value is -1.12. The van der Waals surface area contributed by atoms with Crippen LogP contribution < -0.4 is 0 Å². The monoisotopic (exact) mass is 325 g/mol. The summed E-state index contributed by atoms with van der Waals surface area (Å²) in [4.78, 5) is -1.19. The van der Waals surface area contributed by atoms with Gasteiger partial charge < -0.3 is 5.11 Å². The summed E-state index contributed by atoms with van der Waals surface area (Å²) in [6.45, 7) is 2.68. The minimum atomic E-state index is -4.51. The van der Waals surface area contributed by atoms with Crippen molar-refractivity contribution in [2.75, 3.05) is 13.2 Å². The molecule has 0 radical (unpaired) electrons. The van der Waals surface area contributed by atoms with Crippen LogP contribution in [0.4, 0.5) is 13.2 Å². The standard InChI is InChI=1S/C13H18F3NO3S/c1-3-10(4-2)17(5-6-18)21(19,20)13-11(15)7-9(14)8-12(13)16/h7-8,10,18H,3-6H2,1-2H3. The van der Waals surface area contributed by atoms with Gasteiger partial charge in [-0.15, -0.1) is 0 Å². The molecule has 0 aromatic heterocycles. The molecule has 1 N–H and O–H groups in total. The minimum absolute atomic E-state index is 0.287. The lowest BCUT2D eigenvalue weighted by molar-refractivity contribution is 0.218. The normalized spacial score (nSPS) is 12.4. The van der Waals surface area contributed by atoms with E-state index in [0.29, 0.717) is 25.0 Å². The highest BCUT2D eigenvalue weighted by Gasteiger charge is 2.34. The average Bonchev–Trinajstić information content (AvgIpc) is 2.37. The number of halogens is 3. The molecule has 1 aromatic carbocycles. The van der Waals surface area contributed by atoms with E-state index in [4.69, 9.17) is 5.11 Å². The molecule has 120 valence electrons. The van der Waals surface area contributed by atoms with Gasteiger partial charge in [0.1, 0.15) is 17.5 Å². The summed E-state index contributed by atoms with van der Waals surface area (Å²) in [5.74, 6) is -4.16. The SMILES string of the molecule is CCC(CC)N(CCO)S(=O)(=O)c1c(F)cc(F)cc1F. The Labute approximate surface area is 122 Å². The quantitative estimate of drug-likeness (QED) is 0.837. The molecule has 0 amide bonds. The molecular weight excluding hydrogens is 307 g/mol. The Balaban J connectivity index is 3.43. The molecule has 0 saturated carbocycles. The highest BCUT2D eigenvalue weighted by atomic mass is 32.2. The zero-order chi connectivity index (χ0) is 16.2. The van der Waals surface area contributed by atoms with Crippen LogP contribution in [-0.4, -0.2) is 37.0 Å². The molecule has 0 aliphatic heterocycles. The van der Waals surface area contributed by atoms with Gasteiger partial charge in [0.25, 0.3) is 0 Å². The van der Waals surface area contributed by atoms with Gasteiger partial charge in [-0.1, -0.05) is 13.8 Å². The Morgan fingerprint density at radius 1 is 1.14 bits per heavy atom. The maximum Gasteiger partial charge on any atom is 0.249 e. The summed E-state index contributed by atoms with van der Waals surface area (Å²) in [7, 11) is -4.51. The van der Waals surface area contributed by atoms with Crippen LogP contribution in [0, 0.1) is 17.5 Å². The number of sulfonamides is 1. The van der Waals surface area contributed by atoms with Crippen molar-refractivity contribution in [2.24, 2.45) is 0 Å². The van der Waals surface area contributed by atoms with Gasteiger partial charge in [0.2, 0.25) is 10.0 Å². The largest absolute Gasteiger partial charge is 0.395 e. The molecule has 0 atom stereocenters. The van der Waals surface area contributed by atoms with Crippen molar-refractivity contribution in [2.45, 2.75) is 37.6 Å². The van der Waals surface area contributed by atoms with Crippen LogP contribution in [0.3, 0.4) is 0 Å². The molecule has 0 saturated heterocycles.